The molecule has 0 aromatic heterocycles. The van der Waals surface area contributed by atoms with E-state index in [1.807, 2.05) is 36.4 Å². The van der Waals surface area contributed by atoms with Gasteiger partial charge >= 0.3 is 5.97 Å². The number of carbonyl (C=O) groups excluding carboxylic acids is 1. The lowest BCUT2D eigenvalue weighted by Gasteiger charge is -2.31. The number of benzene rings is 2. The monoisotopic (exact) mass is 369 g/mol. The summed E-state index contributed by atoms with van der Waals surface area (Å²) in [5, 5.41) is 11.4. The Balaban J connectivity index is 2.27. The van der Waals surface area contributed by atoms with Gasteiger partial charge in [-0.1, -0.05) is 87.9 Å². The Morgan fingerprint density at radius 3 is 1.85 bits per heavy atom. The van der Waals surface area contributed by atoms with Crippen LogP contribution in [0, 0.1) is 0 Å². The van der Waals surface area contributed by atoms with E-state index in [1.165, 1.54) is 0 Å². The molecule has 1 unspecified atom stereocenters. The van der Waals surface area contributed by atoms with Crippen LogP contribution in [-0.4, -0.2) is 41.7 Å². The van der Waals surface area contributed by atoms with Gasteiger partial charge in [-0.15, -0.1) is 0 Å². The van der Waals surface area contributed by atoms with Gasteiger partial charge in [0.15, 0.2) is 0 Å². The summed E-state index contributed by atoms with van der Waals surface area (Å²) in [5.74, 6) is -0.631. The highest BCUT2D eigenvalue weighted by atomic mass is 16.6. The third-order valence-corrected chi connectivity index (χ3v) is 5.04. The summed E-state index contributed by atoms with van der Waals surface area (Å²) in [6, 6.07) is 18.1. The molecule has 1 atom stereocenters. The lowest BCUT2D eigenvalue weighted by atomic mass is 9.86. The first-order valence-corrected chi connectivity index (χ1v) is 9.82. The minimum Gasteiger partial charge on any atom is -0.461 e. The molecule has 0 aliphatic carbocycles. The van der Waals surface area contributed by atoms with Crippen molar-refractivity contribution in [3.8, 4) is 0 Å². The van der Waals surface area contributed by atoms with E-state index < -0.39 is 11.6 Å². The molecule has 0 aliphatic rings. The minimum absolute atomic E-state index is 0.157. The average Bonchev–Trinajstić information content (AvgIpc) is 2.73. The van der Waals surface area contributed by atoms with Gasteiger partial charge in [0.05, 0.1) is 0 Å². The standard InChI is InChI=1S/C23H31NO3/c1-4-13-21(24(5-2)6-3)18-27-22(25)23(26,19-14-9-7-10-15-19)20-16-11-8-12-17-20/h7-12,14-17,21,26H,4-6,13,18H2,1-3H3. The number of ether oxygens (including phenoxy) is 1. The maximum Gasteiger partial charge on any atom is 0.347 e. The fraction of sp³-hybridized carbons (Fsp3) is 0.435. The van der Waals surface area contributed by atoms with Crippen LogP contribution in [0.3, 0.4) is 0 Å². The van der Waals surface area contributed by atoms with Crippen molar-refractivity contribution in [3.63, 3.8) is 0 Å². The summed E-state index contributed by atoms with van der Waals surface area (Å²) in [7, 11) is 0. The number of hydrogen-bond donors (Lipinski definition) is 1. The number of esters is 1. The molecule has 2 aromatic carbocycles. The smallest absolute Gasteiger partial charge is 0.347 e. The molecule has 146 valence electrons. The van der Waals surface area contributed by atoms with E-state index in [4.69, 9.17) is 4.74 Å². The maximum absolute atomic E-state index is 13.1. The second-order valence-corrected chi connectivity index (χ2v) is 6.70. The minimum atomic E-state index is -1.82. The second kappa shape index (κ2) is 10.2. The Bertz CT molecular complexity index is 644. The van der Waals surface area contributed by atoms with Gasteiger partial charge in [0, 0.05) is 6.04 Å². The molecule has 1 N–H and O–H groups in total. The number of likely N-dealkylation sites (N-methyl/N-ethyl adjacent to an activating group) is 1. The van der Waals surface area contributed by atoms with Gasteiger partial charge < -0.3 is 9.84 Å². The largest absolute Gasteiger partial charge is 0.461 e. The summed E-state index contributed by atoms with van der Waals surface area (Å²) in [6.07, 6.45) is 1.96. The van der Waals surface area contributed by atoms with Crippen LogP contribution in [-0.2, 0) is 15.1 Å². The van der Waals surface area contributed by atoms with Crippen molar-refractivity contribution in [1.29, 1.82) is 0 Å². The molecule has 4 nitrogen and oxygen atoms in total. The van der Waals surface area contributed by atoms with Crippen molar-refractivity contribution in [1.82, 2.24) is 4.90 Å². The van der Waals surface area contributed by atoms with Crippen LogP contribution in [0.5, 0.6) is 0 Å². The summed E-state index contributed by atoms with van der Waals surface area (Å²) in [6.45, 7) is 8.43. The predicted octanol–water partition coefficient (Wildman–Crippen LogP) is 3.98. The predicted molar refractivity (Wildman–Crippen MR) is 108 cm³/mol. The summed E-state index contributed by atoms with van der Waals surface area (Å²) < 4.78 is 5.68. The molecule has 0 heterocycles. The highest BCUT2D eigenvalue weighted by molar-refractivity contribution is 5.85. The van der Waals surface area contributed by atoms with Crippen LogP contribution in [0.25, 0.3) is 0 Å². The Hall–Kier alpha value is -2.17. The fourth-order valence-corrected chi connectivity index (χ4v) is 3.48. The van der Waals surface area contributed by atoms with E-state index in [0.717, 1.165) is 25.9 Å². The van der Waals surface area contributed by atoms with E-state index in [1.54, 1.807) is 24.3 Å². The molecular formula is C23H31NO3. The van der Waals surface area contributed by atoms with Gasteiger partial charge in [-0.05, 0) is 30.6 Å². The first-order chi connectivity index (χ1) is 13.1. The van der Waals surface area contributed by atoms with Crippen LogP contribution < -0.4 is 0 Å². The SMILES string of the molecule is CCCC(COC(=O)C(O)(c1ccccc1)c1ccccc1)N(CC)CC. The summed E-state index contributed by atoms with van der Waals surface area (Å²) >= 11 is 0. The van der Waals surface area contributed by atoms with E-state index >= 15 is 0 Å². The van der Waals surface area contributed by atoms with Crippen molar-refractivity contribution >= 4 is 5.97 Å². The molecule has 0 fully saturated rings. The molecule has 2 rings (SSSR count). The number of rotatable bonds is 10. The summed E-state index contributed by atoms with van der Waals surface area (Å²) in [5.41, 5.74) is -0.796. The topological polar surface area (TPSA) is 49.8 Å². The Labute approximate surface area is 162 Å². The van der Waals surface area contributed by atoms with E-state index in [2.05, 4.69) is 25.7 Å². The third kappa shape index (κ3) is 4.96. The van der Waals surface area contributed by atoms with Gasteiger partial charge in [-0.25, -0.2) is 4.79 Å². The molecule has 0 bridgehead atoms. The van der Waals surface area contributed by atoms with Gasteiger partial charge in [-0.3, -0.25) is 4.90 Å². The van der Waals surface area contributed by atoms with E-state index in [0.29, 0.717) is 11.1 Å². The lowest BCUT2D eigenvalue weighted by Crippen LogP contribution is -2.43. The van der Waals surface area contributed by atoms with Gasteiger partial charge in [-0.2, -0.15) is 0 Å². The molecule has 27 heavy (non-hydrogen) atoms. The van der Waals surface area contributed by atoms with Crippen molar-refractivity contribution < 1.29 is 14.6 Å². The van der Waals surface area contributed by atoms with Crippen LogP contribution in [0.1, 0.15) is 44.7 Å². The molecule has 0 radical (unpaired) electrons. The Kier molecular flexibility index (Phi) is 8.01. The average molecular weight is 370 g/mol. The van der Waals surface area contributed by atoms with Crippen molar-refractivity contribution in [3.05, 3.63) is 71.8 Å². The number of aliphatic hydroxyl groups is 1. The van der Waals surface area contributed by atoms with Gasteiger partial charge in [0.25, 0.3) is 0 Å². The van der Waals surface area contributed by atoms with Crippen LogP contribution in [0.2, 0.25) is 0 Å². The van der Waals surface area contributed by atoms with E-state index in [9.17, 15) is 9.90 Å². The second-order valence-electron chi connectivity index (χ2n) is 6.70. The first-order valence-electron chi connectivity index (χ1n) is 9.82. The highest BCUT2D eigenvalue weighted by Gasteiger charge is 2.41. The van der Waals surface area contributed by atoms with Crippen LogP contribution >= 0.6 is 0 Å². The van der Waals surface area contributed by atoms with Crippen LogP contribution in [0.4, 0.5) is 0 Å². The summed E-state index contributed by atoms with van der Waals surface area (Å²) in [4.78, 5) is 15.4. The molecule has 4 heteroatoms. The normalized spacial score (nSPS) is 12.8. The molecular weight excluding hydrogens is 338 g/mol. The highest BCUT2D eigenvalue weighted by Crippen LogP contribution is 2.31. The van der Waals surface area contributed by atoms with Gasteiger partial charge in [0.1, 0.15) is 6.61 Å². The lowest BCUT2D eigenvalue weighted by molar-refractivity contribution is -0.164. The van der Waals surface area contributed by atoms with E-state index in [-0.39, 0.29) is 12.6 Å². The Morgan fingerprint density at radius 1 is 0.963 bits per heavy atom. The number of carbonyl (C=O) groups is 1. The molecule has 0 amide bonds. The zero-order valence-corrected chi connectivity index (χ0v) is 16.6. The quantitative estimate of drug-likeness (QED) is 0.644. The molecule has 0 saturated carbocycles. The Morgan fingerprint density at radius 2 is 1.44 bits per heavy atom. The molecule has 0 saturated heterocycles. The zero-order chi connectivity index (χ0) is 19.7. The van der Waals surface area contributed by atoms with Crippen LogP contribution in [0.15, 0.2) is 60.7 Å². The van der Waals surface area contributed by atoms with Crippen molar-refractivity contribution in [2.24, 2.45) is 0 Å². The van der Waals surface area contributed by atoms with Gasteiger partial charge in [0.2, 0.25) is 5.60 Å². The first kappa shape index (κ1) is 21.1. The van der Waals surface area contributed by atoms with Crippen molar-refractivity contribution in [2.45, 2.75) is 45.3 Å². The molecule has 0 spiro atoms. The van der Waals surface area contributed by atoms with Crippen molar-refractivity contribution in [2.75, 3.05) is 19.7 Å². The number of hydrogen-bond acceptors (Lipinski definition) is 4. The fourth-order valence-electron chi connectivity index (χ4n) is 3.48. The third-order valence-electron chi connectivity index (χ3n) is 5.04. The zero-order valence-electron chi connectivity index (χ0n) is 16.6. The molecule has 0 aliphatic heterocycles. The number of nitrogens with zero attached hydrogens (tertiary/aromatic N) is 1. The molecule has 2 aromatic rings. The maximum atomic E-state index is 13.1.